The van der Waals surface area contributed by atoms with E-state index in [0.29, 0.717) is 6.42 Å². The van der Waals surface area contributed by atoms with Crippen LogP contribution in [0.1, 0.15) is 26.7 Å². The third-order valence-corrected chi connectivity index (χ3v) is 5.38. The second-order valence-corrected chi connectivity index (χ2v) is 8.61. The average molecular weight is 537 g/mol. The number of carboxylic acid groups (broad SMARTS) is 1. The number of carbonyl (C=O) groups is 5. The molecular weight excluding hydrogens is 500 g/mol. The lowest BCUT2D eigenvalue weighted by Crippen LogP contribution is -2.56. The van der Waals surface area contributed by atoms with Gasteiger partial charge < -0.3 is 43.6 Å². The molecule has 4 atom stereocenters. The largest absolute Gasteiger partial charge is 0.480 e. The van der Waals surface area contributed by atoms with Gasteiger partial charge in [0, 0.05) is 18.1 Å². The fourth-order valence-electron chi connectivity index (χ4n) is 2.53. The number of nitrogens with two attached hydrogens (primary N) is 3. The van der Waals surface area contributed by atoms with Crippen molar-refractivity contribution in [2.24, 2.45) is 28.1 Å². The molecule has 0 spiro atoms. The van der Waals surface area contributed by atoms with Crippen LogP contribution in [0.2, 0.25) is 0 Å². The van der Waals surface area contributed by atoms with Crippen molar-refractivity contribution in [2.45, 2.75) is 50.9 Å². The Morgan fingerprint density at radius 2 is 1.43 bits per heavy atom. The van der Waals surface area contributed by atoms with Gasteiger partial charge in [-0.1, -0.05) is 13.8 Å². The van der Waals surface area contributed by atoms with Gasteiger partial charge in [0.05, 0.1) is 12.6 Å². The summed E-state index contributed by atoms with van der Waals surface area (Å²) in [6.45, 7) is 3.19. The zero-order valence-corrected chi connectivity index (χ0v) is 21.5. The molecule has 4 unspecified atom stereocenters. The van der Waals surface area contributed by atoms with E-state index in [9.17, 15) is 29.1 Å². The van der Waals surface area contributed by atoms with Crippen LogP contribution < -0.4 is 38.5 Å². The molecule has 0 bridgehead atoms. The van der Waals surface area contributed by atoms with Gasteiger partial charge in [0.1, 0.15) is 18.1 Å². The number of aliphatic imine (C=N–C) groups is 1. The predicted octanol–water partition coefficient (Wildman–Crippen LogP) is -3.46. The molecule has 200 valence electrons. The second kappa shape index (κ2) is 16.8. The van der Waals surface area contributed by atoms with Crippen LogP contribution in [0.3, 0.4) is 0 Å². The Balaban J connectivity index is 4.80. The minimum Gasteiger partial charge on any atom is -0.480 e. The van der Waals surface area contributed by atoms with Gasteiger partial charge >= 0.3 is 5.97 Å². The maximum absolute atomic E-state index is 12.4. The summed E-state index contributed by atoms with van der Waals surface area (Å²) in [5.41, 5.74) is 16.2. The van der Waals surface area contributed by atoms with Crippen LogP contribution >= 0.6 is 25.3 Å². The zero-order valence-electron chi connectivity index (χ0n) is 19.7. The molecule has 16 heteroatoms. The van der Waals surface area contributed by atoms with Crippen LogP contribution in [0.15, 0.2) is 4.99 Å². The normalized spacial score (nSPS) is 14.1. The van der Waals surface area contributed by atoms with E-state index in [0.717, 1.165) is 0 Å². The fourth-order valence-corrected chi connectivity index (χ4v) is 3.04. The molecule has 0 aromatic heterocycles. The SMILES string of the molecule is CC(C)C(N)C(=O)NC(CS)C(=O)NCC(=O)NC(CS)C(=O)NC(CCCN=C(N)N)C(=O)O. The van der Waals surface area contributed by atoms with Gasteiger partial charge in [-0.3, -0.25) is 24.2 Å². The molecule has 0 saturated carbocycles. The molecule has 0 fully saturated rings. The predicted molar refractivity (Wildman–Crippen MR) is 137 cm³/mol. The van der Waals surface area contributed by atoms with E-state index in [1.807, 2.05) is 0 Å². The molecule has 0 aromatic carbocycles. The summed E-state index contributed by atoms with van der Waals surface area (Å²) in [6.07, 6.45) is 0.350. The van der Waals surface area contributed by atoms with Crippen molar-refractivity contribution in [1.29, 1.82) is 0 Å². The van der Waals surface area contributed by atoms with Gasteiger partial charge in [0.2, 0.25) is 23.6 Å². The molecule has 35 heavy (non-hydrogen) atoms. The summed E-state index contributed by atoms with van der Waals surface area (Å²) in [4.78, 5) is 64.2. The highest BCUT2D eigenvalue weighted by molar-refractivity contribution is 7.80. The van der Waals surface area contributed by atoms with Crippen molar-refractivity contribution in [3.63, 3.8) is 0 Å². The molecule has 0 heterocycles. The molecule has 0 aromatic rings. The van der Waals surface area contributed by atoms with Crippen LogP contribution in [0, 0.1) is 5.92 Å². The van der Waals surface area contributed by atoms with Crippen LogP contribution in [0.25, 0.3) is 0 Å². The average Bonchev–Trinajstić information content (AvgIpc) is 2.79. The number of carboxylic acids is 1. The highest BCUT2D eigenvalue weighted by atomic mass is 32.1. The van der Waals surface area contributed by atoms with Gasteiger partial charge in [0.15, 0.2) is 5.96 Å². The lowest BCUT2D eigenvalue weighted by Gasteiger charge is -2.22. The van der Waals surface area contributed by atoms with Crippen molar-refractivity contribution in [1.82, 2.24) is 21.3 Å². The smallest absolute Gasteiger partial charge is 0.326 e. The van der Waals surface area contributed by atoms with Crippen molar-refractivity contribution in [3.05, 3.63) is 0 Å². The van der Waals surface area contributed by atoms with Crippen molar-refractivity contribution >= 4 is 60.8 Å². The number of hydrogen-bond donors (Lipinski definition) is 10. The summed E-state index contributed by atoms with van der Waals surface area (Å²) in [5, 5.41) is 18.8. The van der Waals surface area contributed by atoms with Gasteiger partial charge in [-0.05, 0) is 18.8 Å². The lowest BCUT2D eigenvalue weighted by molar-refractivity contribution is -0.142. The lowest BCUT2D eigenvalue weighted by atomic mass is 10.0. The minimum atomic E-state index is -1.27. The number of aliphatic carboxylic acids is 1. The summed E-state index contributed by atoms with van der Waals surface area (Å²) >= 11 is 8.05. The third-order valence-electron chi connectivity index (χ3n) is 4.65. The Morgan fingerprint density at radius 3 is 1.91 bits per heavy atom. The first-order valence-corrected chi connectivity index (χ1v) is 12.0. The molecule has 0 radical (unpaired) electrons. The van der Waals surface area contributed by atoms with E-state index < -0.39 is 60.3 Å². The van der Waals surface area contributed by atoms with Gasteiger partial charge in [-0.25, -0.2) is 4.79 Å². The highest BCUT2D eigenvalue weighted by Gasteiger charge is 2.27. The molecule has 14 nitrogen and oxygen atoms in total. The summed E-state index contributed by atoms with van der Waals surface area (Å²) in [6, 6.07) is -4.23. The molecule has 0 aliphatic rings. The van der Waals surface area contributed by atoms with Crippen LogP contribution in [0.4, 0.5) is 0 Å². The maximum atomic E-state index is 12.4. The molecule has 0 rings (SSSR count). The first kappa shape index (κ1) is 32.3. The summed E-state index contributed by atoms with van der Waals surface area (Å²) in [7, 11) is 0. The topological polar surface area (TPSA) is 244 Å². The monoisotopic (exact) mass is 536 g/mol. The Bertz CT molecular complexity index is 778. The standard InChI is InChI=1S/C19H36N8O6S2/c1-9(2)14(20)17(31)27-11(7-34)15(29)24-6-13(28)25-12(8-35)16(30)26-10(18(32)33)4-3-5-23-19(21)22/h9-12,14,34-35H,3-8,20H2,1-2H3,(H,24,29)(H,25,28)(H,26,30)(H,27,31)(H,32,33)(H4,21,22,23). The van der Waals surface area contributed by atoms with Crippen LogP contribution in [-0.4, -0.2) is 89.4 Å². The number of nitrogens with one attached hydrogen (secondary N) is 4. The minimum absolute atomic E-state index is 0.0363. The van der Waals surface area contributed by atoms with E-state index >= 15 is 0 Å². The van der Waals surface area contributed by atoms with Gasteiger partial charge in [-0.15, -0.1) is 0 Å². The zero-order chi connectivity index (χ0) is 27.1. The Labute approximate surface area is 214 Å². The van der Waals surface area contributed by atoms with Crippen molar-refractivity contribution in [2.75, 3.05) is 24.6 Å². The number of guanidine groups is 1. The van der Waals surface area contributed by atoms with E-state index in [-0.39, 0.29) is 36.3 Å². The first-order chi connectivity index (χ1) is 16.3. The molecule has 0 aliphatic heterocycles. The van der Waals surface area contributed by atoms with Crippen LogP contribution in [0.5, 0.6) is 0 Å². The fraction of sp³-hybridized carbons (Fsp3) is 0.684. The number of rotatable bonds is 16. The molecule has 0 aliphatic carbocycles. The second-order valence-electron chi connectivity index (χ2n) is 7.88. The molecule has 4 amide bonds. The maximum Gasteiger partial charge on any atom is 0.326 e. The third kappa shape index (κ3) is 13.1. The van der Waals surface area contributed by atoms with Crippen molar-refractivity contribution < 1.29 is 29.1 Å². The van der Waals surface area contributed by atoms with E-state index in [1.54, 1.807) is 13.8 Å². The highest BCUT2D eigenvalue weighted by Crippen LogP contribution is 2.01. The number of hydrogen-bond acceptors (Lipinski definition) is 9. The van der Waals surface area contributed by atoms with Crippen molar-refractivity contribution in [3.8, 4) is 0 Å². The summed E-state index contributed by atoms with van der Waals surface area (Å²) < 4.78 is 0. The first-order valence-electron chi connectivity index (χ1n) is 10.8. The quantitative estimate of drug-likeness (QED) is 0.0407. The molecule has 0 saturated heterocycles. The Morgan fingerprint density at radius 1 is 0.886 bits per heavy atom. The van der Waals surface area contributed by atoms with E-state index in [4.69, 9.17) is 17.2 Å². The van der Waals surface area contributed by atoms with Crippen LogP contribution in [-0.2, 0) is 24.0 Å². The van der Waals surface area contributed by atoms with E-state index in [1.165, 1.54) is 0 Å². The van der Waals surface area contributed by atoms with Gasteiger partial charge in [0.25, 0.3) is 0 Å². The number of amides is 4. The Kier molecular flexibility index (Phi) is 15.5. The summed E-state index contributed by atoms with van der Waals surface area (Å²) in [5.74, 6) is -4.40. The van der Waals surface area contributed by atoms with E-state index in [2.05, 4.69) is 51.5 Å². The Hall–Kier alpha value is -2.72. The molecular formula is C19H36N8O6S2. The molecule has 11 N–H and O–H groups in total. The number of carbonyl (C=O) groups excluding carboxylic acids is 4. The number of thiol groups is 2. The number of nitrogens with zero attached hydrogens (tertiary/aromatic N) is 1. The van der Waals surface area contributed by atoms with Gasteiger partial charge in [-0.2, -0.15) is 25.3 Å².